The number of aryl methyl sites for hydroxylation is 2. The molecule has 11 heteroatoms. The molecule has 45 heavy (non-hydrogen) atoms. The number of amides is 1. The van der Waals surface area contributed by atoms with Gasteiger partial charge in [0.05, 0.1) is 22.2 Å². The number of benzene rings is 2. The molecule has 1 aliphatic rings. The highest BCUT2D eigenvalue weighted by Crippen LogP contribution is 2.44. The molecule has 0 saturated carbocycles. The smallest absolute Gasteiger partial charge is 0.322 e. The molecule has 0 unspecified atom stereocenters. The molecule has 0 bridgehead atoms. The first kappa shape index (κ1) is 29.5. The van der Waals surface area contributed by atoms with E-state index in [0.29, 0.717) is 63.3 Å². The number of aliphatic hydroxyl groups is 1. The molecule has 2 aromatic carbocycles. The Morgan fingerprint density at radius 2 is 1.91 bits per heavy atom. The number of nitrogen functional groups attached to an aromatic ring is 1. The van der Waals surface area contributed by atoms with Gasteiger partial charge in [-0.05, 0) is 55.3 Å². The van der Waals surface area contributed by atoms with Crippen LogP contribution in [-0.4, -0.2) is 49.2 Å². The standard InChI is InChI=1S/C34H30FN7O3/c1-19(2)32(43)41-24-8-5-21(6-9-24)29-27(22-7-10-26(25(35)15-22)45-33-38-14-12-20(3)40-33)28-30(42(29)4)23(16-39-31(28)36)11-13-34(44)17-37-18-34/h5-10,12,14-16,37,44H,1,17-18H2,2-4H3,(H2,36,39)(H,41,43). The van der Waals surface area contributed by atoms with E-state index >= 15 is 4.39 Å². The van der Waals surface area contributed by atoms with Crippen LogP contribution in [0.3, 0.4) is 0 Å². The van der Waals surface area contributed by atoms with Gasteiger partial charge in [-0.3, -0.25) is 4.79 Å². The highest BCUT2D eigenvalue weighted by atomic mass is 19.1. The number of nitrogens with two attached hydrogens (primary N) is 1. The summed E-state index contributed by atoms with van der Waals surface area (Å²) in [5.41, 5.74) is 10.9. The Morgan fingerprint density at radius 1 is 1.18 bits per heavy atom. The molecule has 0 atom stereocenters. The minimum Gasteiger partial charge on any atom is -0.421 e. The van der Waals surface area contributed by atoms with E-state index in [0.717, 1.165) is 5.56 Å². The zero-order chi connectivity index (χ0) is 31.9. The zero-order valence-electron chi connectivity index (χ0n) is 24.9. The molecule has 4 heterocycles. The Morgan fingerprint density at radius 3 is 2.56 bits per heavy atom. The summed E-state index contributed by atoms with van der Waals surface area (Å²) >= 11 is 0. The number of carbonyl (C=O) groups is 1. The SMILES string of the molecule is C=C(C)C(=O)Nc1ccc(-c2c(-c3ccc(Oc4nccc(C)n4)c(F)c3)c3c(N)ncc(C#CC4(O)CNC4)c3n2C)cc1. The van der Waals surface area contributed by atoms with Gasteiger partial charge in [-0.2, -0.15) is 0 Å². The van der Waals surface area contributed by atoms with Crippen molar-refractivity contribution in [3.8, 4) is 46.0 Å². The average molecular weight is 604 g/mol. The van der Waals surface area contributed by atoms with Crippen LogP contribution in [0.5, 0.6) is 11.8 Å². The molecular formula is C34H30FN7O3. The van der Waals surface area contributed by atoms with Gasteiger partial charge in [0.2, 0.25) is 0 Å². The number of carbonyl (C=O) groups excluding carboxylic acids is 1. The maximum Gasteiger partial charge on any atom is 0.322 e. The predicted octanol–water partition coefficient (Wildman–Crippen LogP) is 4.72. The van der Waals surface area contributed by atoms with Crippen molar-refractivity contribution in [2.75, 3.05) is 24.1 Å². The Hall–Kier alpha value is -5.57. The number of β-amino-alcohol motifs (C(OH)–C–C–N with tert-alkyl or cyclic N) is 1. The van der Waals surface area contributed by atoms with Gasteiger partial charge < -0.3 is 30.8 Å². The lowest BCUT2D eigenvalue weighted by atomic mass is 9.96. The van der Waals surface area contributed by atoms with E-state index in [9.17, 15) is 9.90 Å². The number of aromatic nitrogens is 4. The van der Waals surface area contributed by atoms with Crippen LogP contribution < -0.4 is 21.1 Å². The van der Waals surface area contributed by atoms with Crippen molar-refractivity contribution < 1.29 is 19.0 Å². The Kier molecular flexibility index (Phi) is 7.54. The number of halogens is 1. The van der Waals surface area contributed by atoms with Crippen molar-refractivity contribution in [3.05, 3.63) is 90.2 Å². The van der Waals surface area contributed by atoms with Gasteiger partial charge in [0.1, 0.15) is 11.4 Å². The van der Waals surface area contributed by atoms with Crippen LogP contribution in [0, 0.1) is 24.6 Å². The summed E-state index contributed by atoms with van der Waals surface area (Å²) in [4.78, 5) is 24.9. The fraction of sp³-hybridized carbons (Fsp3) is 0.176. The maximum absolute atomic E-state index is 15.6. The minimum absolute atomic E-state index is 0.0336. The second-order valence-corrected chi connectivity index (χ2v) is 11.0. The number of pyridine rings is 1. The van der Waals surface area contributed by atoms with E-state index in [1.807, 2.05) is 23.7 Å². The molecule has 5 N–H and O–H groups in total. The summed E-state index contributed by atoms with van der Waals surface area (Å²) in [7, 11) is 1.87. The first-order valence-corrected chi connectivity index (χ1v) is 14.1. The second-order valence-electron chi connectivity index (χ2n) is 11.0. The van der Waals surface area contributed by atoms with E-state index < -0.39 is 11.4 Å². The van der Waals surface area contributed by atoms with Gasteiger partial charge in [-0.1, -0.05) is 36.6 Å². The fourth-order valence-electron chi connectivity index (χ4n) is 5.11. The normalized spacial score (nSPS) is 13.4. The number of anilines is 2. The van der Waals surface area contributed by atoms with Crippen LogP contribution in [0.2, 0.25) is 0 Å². The summed E-state index contributed by atoms with van der Waals surface area (Å²) in [5.74, 6) is 5.33. The van der Waals surface area contributed by atoms with Gasteiger partial charge in [-0.25, -0.2) is 19.3 Å². The van der Waals surface area contributed by atoms with E-state index in [1.54, 1.807) is 44.3 Å². The summed E-state index contributed by atoms with van der Waals surface area (Å²) in [6.45, 7) is 7.84. The van der Waals surface area contributed by atoms with Crippen molar-refractivity contribution in [1.29, 1.82) is 0 Å². The molecule has 226 valence electrons. The molecule has 1 aliphatic heterocycles. The fourth-order valence-corrected chi connectivity index (χ4v) is 5.11. The molecule has 1 amide bonds. The number of ether oxygens (including phenoxy) is 1. The van der Waals surface area contributed by atoms with Crippen LogP contribution in [0.25, 0.3) is 33.3 Å². The monoisotopic (exact) mass is 603 g/mol. The van der Waals surface area contributed by atoms with Crippen molar-refractivity contribution in [1.82, 2.24) is 24.8 Å². The highest BCUT2D eigenvalue weighted by Gasteiger charge is 2.32. The lowest BCUT2D eigenvalue weighted by Gasteiger charge is -2.32. The molecular weight excluding hydrogens is 573 g/mol. The van der Waals surface area contributed by atoms with Crippen LogP contribution in [-0.2, 0) is 11.8 Å². The Balaban J connectivity index is 1.52. The topological polar surface area (TPSA) is 140 Å². The highest BCUT2D eigenvalue weighted by molar-refractivity contribution is 6.11. The third-order valence-electron chi connectivity index (χ3n) is 7.50. The summed E-state index contributed by atoms with van der Waals surface area (Å²) < 4.78 is 23.2. The van der Waals surface area contributed by atoms with Crippen molar-refractivity contribution in [2.45, 2.75) is 19.4 Å². The number of nitrogens with zero attached hydrogens (tertiary/aromatic N) is 4. The van der Waals surface area contributed by atoms with E-state index in [2.05, 4.69) is 44.0 Å². The number of nitrogens with one attached hydrogen (secondary N) is 2. The lowest BCUT2D eigenvalue weighted by Crippen LogP contribution is -2.58. The van der Waals surface area contributed by atoms with E-state index in [4.69, 9.17) is 10.5 Å². The van der Waals surface area contributed by atoms with Crippen LogP contribution >= 0.6 is 0 Å². The minimum atomic E-state index is -1.13. The molecule has 0 spiro atoms. The Labute approximate surface area is 258 Å². The summed E-state index contributed by atoms with van der Waals surface area (Å²) in [6, 6.07) is 13.6. The molecule has 0 radical (unpaired) electrons. The van der Waals surface area contributed by atoms with Crippen LogP contribution in [0.1, 0.15) is 18.2 Å². The molecule has 0 aliphatic carbocycles. The third-order valence-corrected chi connectivity index (χ3v) is 7.50. The molecule has 3 aromatic heterocycles. The molecule has 1 saturated heterocycles. The zero-order valence-corrected chi connectivity index (χ0v) is 24.9. The number of hydrogen-bond acceptors (Lipinski definition) is 8. The van der Waals surface area contributed by atoms with Crippen LogP contribution in [0.4, 0.5) is 15.9 Å². The first-order valence-electron chi connectivity index (χ1n) is 14.1. The van der Waals surface area contributed by atoms with Crippen molar-refractivity contribution in [2.24, 2.45) is 7.05 Å². The molecule has 5 aromatic rings. The largest absolute Gasteiger partial charge is 0.421 e. The third kappa shape index (κ3) is 5.72. The maximum atomic E-state index is 15.6. The summed E-state index contributed by atoms with van der Waals surface area (Å²) in [6.07, 6.45) is 3.11. The number of hydrogen-bond donors (Lipinski definition) is 4. The van der Waals surface area contributed by atoms with Crippen LogP contribution in [0.15, 0.2) is 73.1 Å². The molecule has 6 rings (SSSR count). The number of rotatable bonds is 6. The summed E-state index contributed by atoms with van der Waals surface area (Å²) in [5, 5.41) is 17.0. The van der Waals surface area contributed by atoms with Gasteiger partial charge >= 0.3 is 6.01 Å². The van der Waals surface area contributed by atoms with Gasteiger partial charge in [-0.15, -0.1) is 0 Å². The average Bonchev–Trinajstić information content (AvgIpc) is 3.31. The van der Waals surface area contributed by atoms with Gasteiger partial charge in [0, 0.05) is 55.0 Å². The Bertz CT molecular complexity index is 2050. The van der Waals surface area contributed by atoms with Crippen molar-refractivity contribution in [3.63, 3.8) is 0 Å². The van der Waals surface area contributed by atoms with Gasteiger partial charge in [0.25, 0.3) is 5.91 Å². The predicted molar refractivity (Wildman–Crippen MR) is 171 cm³/mol. The molecule has 10 nitrogen and oxygen atoms in total. The van der Waals surface area contributed by atoms with Gasteiger partial charge in [0.15, 0.2) is 11.6 Å². The number of fused-ring (bicyclic) bond motifs is 1. The van der Waals surface area contributed by atoms with E-state index in [1.165, 1.54) is 18.3 Å². The van der Waals surface area contributed by atoms with Crippen molar-refractivity contribution >= 4 is 28.3 Å². The second kappa shape index (κ2) is 11.5. The molecule has 1 fully saturated rings. The first-order chi connectivity index (χ1) is 21.5. The van der Waals surface area contributed by atoms with E-state index in [-0.39, 0.29) is 23.5 Å². The lowest BCUT2D eigenvalue weighted by molar-refractivity contribution is -0.112. The quantitative estimate of drug-likeness (QED) is 0.162.